The molecule has 0 spiro atoms. The lowest BCUT2D eigenvalue weighted by molar-refractivity contribution is -0.907. The van der Waals surface area contributed by atoms with Gasteiger partial charge in [0.2, 0.25) is 0 Å². The van der Waals surface area contributed by atoms with Crippen molar-refractivity contribution in [1.29, 1.82) is 0 Å². The molecule has 2 heterocycles. The number of rotatable bonds is 2. The van der Waals surface area contributed by atoms with E-state index in [1.807, 2.05) is 26.8 Å². The molecule has 2 aliphatic heterocycles. The first-order chi connectivity index (χ1) is 12.7. The van der Waals surface area contributed by atoms with Crippen LogP contribution in [0.15, 0.2) is 12.1 Å². The second kappa shape index (κ2) is 6.31. The molecule has 1 fully saturated rings. The summed E-state index contributed by atoms with van der Waals surface area (Å²) in [6.45, 7) is 10.3. The molecule has 1 N–H and O–H groups in total. The Morgan fingerprint density at radius 1 is 1.26 bits per heavy atom. The number of nitrogens with zero attached hydrogens (tertiary/aromatic N) is 2. The summed E-state index contributed by atoms with van der Waals surface area (Å²) in [5, 5.41) is 9.85. The predicted molar refractivity (Wildman–Crippen MR) is 101 cm³/mol. The summed E-state index contributed by atoms with van der Waals surface area (Å²) < 4.78 is 5.34. The predicted octanol–water partition coefficient (Wildman–Crippen LogP) is 3.00. The van der Waals surface area contributed by atoms with E-state index in [0.717, 1.165) is 43.6 Å². The van der Waals surface area contributed by atoms with Crippen molar-refractivity contribution in [3.8, 4) is 0 Å². The van der Waals surface area contributed by atoms with Gasteiger partial charge in [0.05, 0.1) is 5.56 Å². The molecule has 1 aromatic rings. The van der Waals surface area contributed by atoms with Crippen LogP contribution in [0.2, 0.25) is 0 Å². The topological polar surface area (TPSA) is 66.8 Å². The molecule has 146 valence electrons. The van der Waals surface area contributed by atoms with Gasteiger partial charge in [-0.2, -0.15) is 4.79 Å². The molecule has 0 radical (unpaired) electrons. The fourth-order valence-corrected chi connectivity index (χ4v) is 5.12. The van der Waals surface area contributed by atoms with E-state index in [1.165, 1.54) is 11.1 Å². The Kier molecular flexibility index (Phi) is 4.31. The number of benzene rings is 1. The summed E-state index contributed by atoms with van der Waals surface area (Å²) in [6, 6.07) is 4.03. The van der Waals surface area contributed by atoms with E-state index in [9.17, 15) is 14.7 Å². The van der Waals surface area contributed by atoms with Crippen LogP contribution in [-0.4, -0.2) is 64.8 Å². The van der Waals surface area contributed by atoms with Crippen LogP contribution in [0.3, 0.4) is 0 Å². The van der Waals surface area contributed by atoms with E-state index < -0.39 is 6.09 Å². The number of carbonyl (C=O) groups is 2. The Bertz CT molecular complexity index is 788. The molecule has 6 nitrogen and oxygen atoms in total. The summed E-state index contributed by atoms with van der Waals surface area (Å²) in [4.78, 5) is 26.2. The average Bonchev–Trinajstić information content (AvgIpc) is 3.18. The maximum absolute atomic E-state index is 12.0. The number of cyclic esters (lactones) is 1. The number of ether oxygens (including phenoxy) is 1. The maximum Gasteiger partial charge on any atom is 0.514 e. The van der Waals surface area contributed by atoms with Crippen LogP contribution in [0.1, 0.15) is 60.2 Å². The zero-order valence-corrected chi connectivity index (χ0v) is 16.5. The molecule has 0 bridgehead atoms. The summed E-state index contributed by atoms with van der Waals surface area (Å²) >= 11 is 0. The van der Waals surface area contributed by atoms with Gasteiger partial charge in [-0.15, -0.1) is 0 Å². The summed E-state index contributed by atoms with van der Waals surface area (Å²) in [6.07, 6.45) is 1.38. The monoisotopic (exact) mass is 373 g/mol. The molecule has 1 saturated heterocycles. The van der Waals surface area contributed by atoms with Crippen molar-refractivity contribution in [1.82, 2.24) is 4.90 Å². The molecule has 1 aliphatic carbocycles. The van der Waals surface area contributed by atoms with Gasteiger partial charge in [-0.3, -0.25) is 4.90 Å². The van der Waals surface area contributed by atoms with Gasteiger partial charge in [-0.05, 0) is 56.7 Å². The first-order valence-electron chi connectivity index (χ1n) is 9.88. The van der Waals surface area contributed by atoms with Crippen LogP contribution in [0.25, 0.3) is 0 Å². The van der Waals surface area contributed by atoms with Gasteiger partial charge in [-0.1, -0.05) is 6.07 Å². The molecule has 0 saturated carbocycles. The Morgan fingerprint density at radius 3 is 2.59 bits per heavy atom. The molecule has 1 amide bonds. The highest BCUT2D eigenvalue weighted by Crippen LogP contribution is 2.39. The van der Waals surface area contributed by atoms with Crippen LogP contribution in [0.4, 0.5) is 4.79 Å². The van der Waals surface area contributed by atoms with Crippen molar-refractivity contribution in [2.75, 3.05) is 32.7 Å². The summed E-state index contributed by atoms with van der Waals surface area (Å²) in [5.41, 5.74) is 4.19. The van der Waals surface area contributed by atoms with E-state index in [-0.39, 0.29) is 16.0 Å². The highest BCUT2D eigenvalue weighted by Gasteiger charge is 2.49. The normalized spacial score (nSPS) is 24.4. The molecule has 0 aromatic heterocycles. The number of piperazine rings is 1. The molecule has 1 aromatic carbocycles. The van der Waals surface area contributed by atoms with Crippen LogP contribution in [0.5, 0.6) is 0 Å². The smallest absolute Gasteiger partial charge is 0.457 e. The molecular weight excluding hydrogens is 344 g/mol. The van der Waals surface area contributed by atoms with Crippen LogP contribution >= 0.6 is 0 Å². The van der Waals surface area contributed by atoms with E-state index in [1.54, 1.807) is 0 Å². The molecule has 4 rings (SSSR count). The minimum absolute atomic E-state index is 0.137. The summed E-state index contributed by atoms with van der Waals surface area (Å²) in [5.74, 6) is 0.262. The largest absolute Gasteiger partial charge is 0.514 e. The maximum atomic E-state index is 12.0. The minimum Gasteiger partial charge on any atom is -0.457 e. The van der Waals surface area contributed by atoms with Gasteiger partial charge >= 0.3 is 12.1 Å². The van der Waals surface area contributed by atoms with Crippen LogP contribution < -0.4 is 0 Å². The van der Waals surface area contributed by atoms with E-state index in [0.29, 0.717) is 25.6 Å². The van der Waals surface area contributed by atoms with Crippen LogP contribution in [-0.2, 0) is 17.8 Å². The van der Waals surface area contributed by atoms with E-state index in [4.69, 9.17) is 4.74 Å². The number of hydrogen-bond acceptors (Lipinski definition) is 4. The standard InChI is InChI=1S/C21H28N2O4/c1-21(2,3)23(20(25)26)10-8-22(9-11-23)12-14-4-5-16-15(14)6-7-17-18(16)13-27-19(17)24/h6-7,14H,4-5,8-13H2,1-3H3/p+1. The average molecular weight is 373 g/mol. The highest BCUT2D eigenvalue weighted by molar-refractivity contribution is 5.94. The van der Waals surface area contributed by atoms with Gasteiger partial charge in [0.1, 0.15) is 25.2 Å². The first kappa shape index (κ1) is 18.4. The third-order valence-corrected chi connectivity index (χ3v) is 6.94. The lowest BCUT2D eigenvalue weighted by Crippen LogP contribution is -2.69. The SMILES string of the molecule is CC(C)(C)[N+]1(C(=O)O)CCN(CC2CCc3c2ccc2c3COC2=O)CC1. The summed E-state index contributed by atoms with van der Waals surface area (Å²) in [7, 11) is 0. The van der Waals surface area contributed by atoms with E-state index >= 15 is 0 Å². The molecule has 27 heavy (non-hydrogen) atoms. The quantitative estimate of drug-likeness (QED) is 0.638. The van der Waals surface area contributed by atoms with Gasteiger partial charge in [0.15, 0.2) is 0 Å². The van der Waals surface area contributed by atoms with Crippen molar-refractivity contribution in [3.05, 3.63) is 34.4 Å². The van der Waals surface area contributed by atoms with Crippen molar-refractivity contribution >= 4 is 12.1 Å². The van der Waals surface area contributed by atoms with Crippen molar-refractivity contribution in [2.24, 2.45) is 0 Å². The zero-order chi connectivity index (χ0) is 19.4. The van der Waals surface area contributed by atoms with Crippen molar-refractivity contribution in [2.45, 2.75) is 51.7 Å². The Balaban J connectivity index is 1.46. The van der Waals surface area contributed by atoms with Crippen molar-refractivity contribution < 1.29 is 23.9 Å². The third-order valence-electron chi connectivity index (χ3n) is 6.94. The number of carboxylic acid groups (broad SMARTS) is 1. The van der Waals surface area contributed by atoms with E-state index in [2.05, 4.69) is 11.0 Å². The van der Waals surface area contributed by atoms with Gasteiger partial charge in [-0.25, -0.2) is 9.28 Å². The van der Waals surface area contributed by atoms with Gasteiger partial charge in [0.25, 0.3) is 0 Å². The fourth-order valence-electron chi connectivity index (χ4n) is 5.12. The first-order valence-corrected chi connectivity index (χ1v) is 9.88. The fraction of sp³-hybridized carbons (Fsp3) is 0.619. The minimum atomic E-state index is -0.714. The third kappa shape index (κ3) is 2.86. The lowest BCUT2D eigenvalue weighted by atomic mass is 9.95. The molecule has 1 unspecified atom stereocenters. The number of hydrogen-bond donors (Lipinski definition) is 1. The van der Waals surface area contributed by atoms with Gasteiger partial charge in [0, 0.05) is 25.2 Å². The number of esters is 1. The van der Waals surface area contributed by atoms with Crippen LogP contribution in [0, 0.1) is 0 Å². The Morgan fingerprint density at radius 2 is 1.96 bits per heavy atom. The molecule has 3 aliphatic rings. The number of carbonyl (C=O) groups excluding carboxylic acids is 1. The molecule has 6 heteroatoms. The molecule has 1 atom stereocenters. The lowest BCUT2D eigenvalue weighted by Gasteiger charge is -2.48. The zero-order valence-electron chi connectivity index (χ0n) is 16.5. The number of fused-ring (bicyclic) bond motifs is 3. The second-order valence-electron chi connectivity index (χ2n) is 9.14. The van der Waals surface area contributed by atoms with Gasteiger partial charge < -0.3 is 9.84 Å². The second-order valence-corrected chi connectivity index (χ2v) is 9.14. The number of amides is 1. The highest BCUT2D eigenvalue weighted by atomic mass is 16.5. The Labute approximate surface area is 160 Å². The van der Waals surface area contributed by atoms with Crippen molar-refractivity contribution in [3.63, 3.8) is 0 Å². The molecular formula is C21H29N2O4+. The number of quaternary nitrogens is 1. The Hall–Kier alpha value is -1.92.